The third kappa shape index (κ3) is 4.25. The van der Waals surface area contributed by atoms with Gasteiger partial charge in [-0.3, -0.25) is 4.79 Å². The minimum absolute atomic E-state index is 0.000635. The molecule has 1 aliphatic heterocycles. The summed E-state index contributed by atoms with van der Waals surface area (Å²) in [5.74, 6) is 0.546. The van der Waals surface area contributed by atoms with Gasteiger partial charge in [0, 0.05) is 26.1 Å². The predicted molar refractivity (Wildman–Crippen MR) is 92.4 cm³/mol. The number of nitrogens with one attached hydrogen (secondary N) is 1. The van der Waals surface area contributed by atoms with Crippen LogP contribution in [0.1, 0.15) is 33.6 Å². The van der Waals surface area contributed by atoms with Crippen LogP contribution in [0.2, 0.25) is 0 Å². The van der Waals surface area contributed by atoms with Crippen LogP contribution < -0.4 is 10.2 Å². The third-order valence-corrected chi connectivity index (χ3v) is 6.37. The van der Waals surface area contributed by atoms with Crippen LogP contribution in [0.4, 0.5) is 5.69 Å². The second kappa shape index (κ2) is 7.34. The Labute approximate surface area is 139 Å². The zero-order valence-electron chi connectivity index (χ0n) is 14.1. The van der Waals surface area contributed by atoms with Crippen LogP contribution in [0, 0.1) is 5.92 Å². The standard InChI is InChI=1S/C17H26N2O3S/c1-4-23(21,22)17-8-6-5-7-16(17)19-11-9-15(10-12-19)13(2)18-14(3)20/h5-8,13,15H,4,9-12H2,1-3H3,(H,18,20). The highest BCUT2D eigenvalue weighted by Gasteiger charge is 2.27. The van der Waals surface area contributed by atoms with E-state index in [1.807, 2.05) is 19.1 Å². The molecule has 2 rings (SSSR count). The lowest BCUT2D eigenvalue weighted by Gasteiger charge is -2.37. The Balaban J connectivity index is 2.11. The molecule has 1 aliphatic rings. The normalized spacial score (nSPS) is 17.8. The average Bonchev–Trinajstić information content (AvgIpc) is 2.54. The first-order valence-corrected chi connectivity index (χ1v) is 9.84. The molecular formula is C17H26N2O3S. The lowest BCUT2D eigenvalue weighted by atomic mass is 9.90. The van der Waals surface area contributed by atoms with Crippen molar-refractivity contribution >= 4 is 21.4 Å². The SMILES string of the molecule is CCS(=O)(=O)c1ccccc1N1CCC(C(C)NC(C)=O)CC1. The fourth-order valence-corrected chi connectivity index (χ4v) is 4.33. The summed E-state index contributed by atoms with van der Waals surface area (Å²) in [5.41, 5.74) is 0.806. The Hall–Kier alpha value is -1.56. The van der Waals surface area contributed by atoms with Crippen LogP contribution in [0.3, 0.4) is 0 Å². The molecule has 128 valence electrons. The number of anilines is 1. The average molecular weight is 338 g/mol. The van der Waals surface area contributed by atoms with Gasteiger partial charge < -0.3 is 10.2 Å². The Bertz CT molecular complexity index is 650. The van der Waals surface area contributed by atoms with E-state index < -0.39 is 9.84 Å². The molecule has 1 heterocycles. The van der Waals surface area contributed by atoms with Gasteiger partial charge in [-0.05, 0) is 37.8 Å². The summed E-state index contributed by atoms with van der Waals surface area (Å²) >= 11 is 0. The van der Waals surface area contributed by atoms with Crippen LogP contribution in [0.5, 0.6) is 0 Å². The van der Waals surface area contributed by atoms with E-state index in [1.54, 1.807) is 19.1 Å². The van der Waals surface area contributed by atoms with Gasteiger partial charge >= 0.3 is 0 Å². The number of hydrogen-bond acceptors (Lipinski definition) is 4. The van der Waals surface area contributed by atoms with Crippen molar-refractivity contribution in [2.45, 2.75) is 44.6 Å². The Morgan fingerprint density at radius 2 is 1.91 bits per heavy atom. The van der Waals surface area contributed by atoms with Gasteiger partial charge in [-0.15, -0.1) is 0 Å². The highest BCUT2D eigenvalue weighted by molar-refractivity contribution is 7.91. The third-order valence-electron chi connectivity index (χ3n) is 4.60. The first kappa shape index (κ1) is 17.8. The maximum absolute atomic E-state index is 12.3. The number of carbonyl (C=O) groups excluding carboxylic acids is 1. The van der Waals surface area contributed by atoms with Crippen LogP contribution >= 0.6 is 0 Å². The zero-order valence-corrected chi connectivity index (χ0v) is 14.9. The summed E-state index contributed by atoms with van der Waals surface area (Å²) in [7, 11) is -3.22. The zero-order chi connectivity index (χ0) is 17.0. The van der Waals surface area contributed by atoms with E-state index in [0.717, 1.165) is 31.6 Å². The van der Waals surface area contributed by atoms with Crippen molar-refractivity contribution in [1.29, 1.82) is 0 Å². The maximum atomic E-state index is 12.3. The molecule has 1 amide bonds. The fraction of sp³-hybridized carbons (Fsp3) is 0.588. The van der Waals surface area contributed by atoms with E-state index in [0.29, 0.717) is 10.8 Å². The number of carbonyl (C=O) groups is 1. The molecular weight excluding hydrogens is 312 g/mol. The molecule has 0 aromatic heterocycles. The van der Waals surface area contributed by atoms with Gasteiger partial charge in [0.2, 0.25) is 5.91 Å². The molecule has 1 atom stereocenters. The Morgan fingerprint density at radius 1 is 1.30 bits per heavy atom. The van der Waals surface area contributed by atoms with E-state index in [1.165, 1.54) is 6.92 Å². The Morgan fingerprint density at radius 3 is 2.48 bits per heavy atom. The molecule has 0 radical (unpaired) electrons. The van der Waals surface area contributed by atoms with Gasteiger partial charge in [-0.1, -0.05) is 19.1 Å². The van der Waals surface area contributed by atoms with Gasteiger partial charge in [-0.2, -0.15) is 0 Å². The molecule has 1 aromatic rings. The van der Waals surface area contributed by atoms with Crippen molar-refractivity contribution < 1.29 is 13.2 Å². The van der Waals surface area contributed by atoms with Crippen LogP contribution in [-0.4, -0.2) is 39.2 Å². The van der Waals surface area contributed by atoms with Gasteiger partial charge in [0.1, 0.15) is 0 Å². The first-order valence-electron chi connectivity index (χ1n) is 8.19. The number of piperidine rings is 1. The molecule has 1 fully saturated rings. The van der Waals surface area contributed by atoms with Gasteiger partial charge in [0.15, 0.2) is 9.84 Å². The first-order chi connectivity index (χ1) is 10.8. The summed E-state index contributed by atoms with van der Waals surface area (Å²) in [6.45, 7) is 6.87. The molecule has 6 heteroatoms. The molecule has 1 saturated heterocycles. The number of amides is 1. The molecule has 1 aromatic carbocycles. The van der Waals surface area contributed by atoms with Crippen molar-refractivity contribution in [1.82, 2.24) is 5.32 Å². The molecule has 0 aliphatic carbocycles. The Kier molecular flexibility index (Phi) is 5.68. The summed E-state index contributed by atoms with van der Waals surface area (Å²) < 4.78 is 24.6. The number of benzene rings is 1. The minimum atomic E-state index is -3.22. The molecule has 0 saturated carbocycles. The molecule has 5 nitrogen and oxygen atoms in total. The quantitative estimate of drug-likeness (QED) is 0.894. The maximum Gasteiger partial charge on any atom is 0.217 e. The monoisotopic (exact) mass is 338 g/mol. The molecule has 23 heavy (non-hydrogen) atoms. The number of nitrogens with zero attached hydrogens (tertiary/aromatic N) is 1. The minimum Gasteiger partial charge on any atom is -0.370 e. The van der Waals surface area contributed by atoms with E-state index in [-0.39, 0.29) is 17.7 Å². The predicted octanol–water partition coefficient (Wildman–Crippen LogP) is 2.22. The number of para-hydroxylation sites is 1. The van der Waals surface area contributed by atoms with Crippen LogP contribution in [0.25, 0.3) is 0 Å². The van der Waals surface area contributed by atoms with Gasteiger partial charge in [0.25, 0.3) is 0 Å². The van der Waals surface area contributed by atoms with E-state index in [2.05, 4.69) is 10.2 Å². The molecule has 1 N–H and O–H groups in total. The van der Waals surface area contributed by atoms with E-state index in [4.69, 9.17) is 0 Å². The highest BCUT2D eigenvalue weighted by atomic mass is 32.2. The lowest BCUT2D eigenvalue weighted by Crippen LogP contribution is -2.43. The molecule has 0 spiro atoms. The lowest BCUT2D eigenvalue weighted by molar-refractivity contribution is -0.119. The molecule has 1 unspecified atom stereocenters. The van der Waals surface area contributed by atoms with Crippen molar-refractivity contribution in [3.8, 4) is 0 Å². The van der Waals surface area contributed by atoms with Crippen molar-refractivity contribution in [3.63, 3.8) is 0 Å². The van der Waals surface area contributed by atoms with E-state index in [9.17, 15) is 13.2 Å². The van der Waals surface area contributed by atoms with E-state index >= 15 is 0 Å². The summed E-state index contributed by atoms with van der Waals surface area (Å²) in [4.78, 5) is 13.8. The summed E-state index contributed by atoms with van der Waals surface area (Å²) in [6.07, 6.45) is 1.89. The summed E-state index contributed by atoms with van der Waals surface area (Å²) in [5, 5.41) is 2.96. The number of rotatable bonds is 5. The van der Waals surface area contributed by atoms with Crippen molar-refractivity contribution in [2.24, 2.45) is 5.92 Å². The van der Waals surface area contributed by atoms with Crippen molar-refractivity contribution in [2.75, 3.05) is 23.7 Å². The largest absolute Gasteiger partial charge is 0.370 e. The highest BCUT2D eigenvalue weighted by Crippen LogP contribution is 2.30. The van der Waals surface area contributed by atoms with Crippen LogP contribution in [-0.2, 0) is 14.6 Å². The smallest absolute Gasteiger partial charge is 0.217 e. The topological polar surface area (TPSA) is 66.5 Å². The molecule has 0 bridgehead atoms. The van der Waals surface area contributed by atoms with Crippen LogP contribution in [0.15, 0.2) is 29.2 Å². The summed E-state index contributed by atoms with van der Waals surface area (Å²) in [6, 6.07) is 7.40. The van der Waals surface area contributed by atoms with Gasteiger partial charge in [0.05, 0.1) is 16.3 Å². The fourth-order valence-electron chi connectivity index (χ4n) is 3.22. The second-order valence-electron chi connectivity index (χ2n) is 6.18. The number of hydrogen-bond donors (Lipinski definition) is 1. The second-order valence-corrected chi connectivity index (χ2v) is 8.43. The van der Waals surface area contributed by atoms with Crippen molar-refractivity contribution in [3.05, 3.63) is 24.3 Å². The van der Waals surface area contributed by atoms with Gasteiger partial charge in [-0.25, -0.2) is 8.42 Å². The number of sulfone groups is 1.